The first-order valence-electron chi connectivity index (χ1n) is 7.98. The molecule has 7 nitrogen and oxygen atoms in total. The molecule has 4 rings (SSSR count). The number of hydrogen-bond acceptors (Lipinski definition) is 5. The third-order valence-electron chi connectivity index (χ3n) is 3.95. The smallest absolute Gasteiger partial charge is 0.277 e. The van der Waals surface area contributed by atoms with Crippen LogP contribution in [0.3, 0.4) is 0 Å². The summed E-state index contributed by atoms with van der Waals surface area (Å²) in [4.78, 5) is 22.1. The van der Waals surface area contributed by atoms with Crippen molar-refractivity contribution in [3.63, 3.8) is 0 Å². The van der Waals surface area contributed by atoms with Crippen molar-refractivity contribution in [2.45, 2.75) is 6.54 Å². The maximum Gasteiger partial charge on any atom is 0.277 e. The van der Waals surface area contributed by atoms with E-state index in [1.165, 1.54) is 24.2 Å². The Bertz CT molecular complexity index is 1130. The largest absolute Gasteiger partial charge is 0.359 e. The van der Waals surface area contributed by atoms with Crippen molar-refractivity contribution in [3.05, 3.63) is 71.2 Å². The van der Waals surface area contributed by atoms with E-state index in [1.54, 1.807) is 30.5 Å². The van der Waals surface area contributed by atoms with Crippen LogP contribution >= 0.6 is 11.6 Å². The Morgan fingerprint density at radius 2 is 2.15 bits per heavy atom. The van der Waals surface area contributed by atoms with Crippen molar-refractivity contribution in [2.75, 3.05) is 7.05 Å². The first-order chi connectivity index (χ1) is 13.0. The lowest BCUT2D eigenvalue weighted by molar-refractivity contribution is 0.0761. The third kappa shape index (κ3) is 3.26. The van der Waals surface area contributed by atoms with Gasteiger partial charge in [-0.2, -0.15) is 4.39 Å². The molecular weight excluding hydrogens is 373 g/mol. The van der Waals surface area contributed by atoms with Gasteiger partial charge in [-0.1, -0.05) is 22.8 Å². The average molecular weight is 386 g/mol. The molecular formula is C18H13ClFN5O2. The molecule has 0 N–H and O–H groups in total. The van der Waals surface area contributed by atoms with Gasteiger partial charge >= 0.3 is 0 Å². The number of aromatic nitrogens is 4. The Hall–Kier alpha value is -3.26. The highest BCUT2D eigenvalue weighted by Gasteiger charge is 2.23. The number of amides is 1. The Balaban J connectivity index is 1.55. The molecule has 9 heteroatoms. The van der Waals surface area contributed by atoms with Crippen LogP contribution in [0.25, 0.3) is 17.0 Å². The van der Waals surface area contributed by atoms with Crippen LogP contribution in [0, 0.1) is 5.95 Å². The summed E-state index contributed by atoms with van der Waals surface area (Å²) in [7, 11) is 1.53. The van der Waals surface area contributed by atoms with Gasteiger partial charge in [-0.3, -0.25) is 14.2 Å². The number of halogens is 2. The molecule has 0 bridgehead atoms. The highest BCUT2D eigenvalue weighted by Crippen LogP contribution is 2.19. The Kier molecular flexibility index (Phi) is 4.33. The van der Waals surface area contributed by atoms with Gasteiger partial charge in [0.25, 0.3) is 5.91 Å². The molecule has 0 aromatic carbocycles. The summed E-state index contributed by atoms with van der Waals surface area (Å²) < 4.78 is 20.9. The number of rotatable bonds is 4. The average Bonchev–Trinajstić information content (AvgIpc) is 3.27. The van der Waals surface area contributed by atoms with E-state index in [0.717, 1.165) is 4.40 Å². The summed E-state index contributed by atoms with van der Waals surface area (Å²) in [5.41, 5.74) is 1.22. The maximum atomic E-state index is 14.5. The molecule has 0 saturated carbocycles. The van der Waals surface area contributed by atoms with Crippen molar-refractivity contribution in [3.8, 4) is 11.4 Å². The Morgan fingerprint density at radius 3 is 2.93 bits per heavy atom. The summed E-state index contributed by atoms with van der Waals surface area (Å²) in [6, 6.07) is 10.2. The van der Waals surface area contributed by atoms with Crippen LogP contribution in [0.15, 0.2) is 53.3 Å². The first kappa shape index (κ1) is 17.2. The Labute approximate surface area is 158 Å². The van der Waals surface area contributed by atoms with Gasteiger partial charge in [-0.25, -0.2) is 4.98 Å². The minimum atomic E-state index is -0.768. The molecule has 0 atom stereocenters. The summed E-state index contributed by atoms with van der Waals surface area (Å²) in [5, 5.41) is 4.29. The number of hydrogen-bond donors (Lipinski definition) is 0. The molecule has 0 saturated heterocycles. The van der Waals surface area contributed by atoms with Gasteiger partial charge < -0.3 is 9.42 Å². The lowest BCUT2D eigenvalue weighted by Gasteiger charge is -2.13. The van der Waals surface area contributed by atoms with E-state index in [1.807, 2.05) is 6.07 Å². The van der Waals surface area contributed by atoms with E-state index >= 15 is 0 Å². The molecule has 1 amide bonds. The zero-order valence-electron chi connectivity index (χ0n) is 14.1. The number of pyridine rings is 2. The number of fused-ring (bicyclic) bond motifs is 1. The van der Waals surface area contributed by atoms with Crippen molar-refractivity contribution >= 4 is 23.2 Å². The SMILES string of the molecule is CN(Cc1cc(-c2ccccn2)no1)C(=O)c1nc2ccc(Cl)cn2c1F. The van der Waals surface area contributed by atoms with Crippen molar-refractivity contribution in [1.82, 2.24) is 24.4 Å². The van der Waals surface area contributed by atoms with Gasteiger partial charge in [0.05, 0.1) is 17.3 Å². The van der Waals surface area contributed by atoms with Gasteiger partial charge in [0.15, 0.2) is 11.5 Å². The van der Waals surface area contributed by atoms with Crippen molar-refractivity contribution in [2.24, 2.45) is 0 Å². The van der Waals surface area contributed by atoms with Crippen LogP contribution in [0.4, 0.5) is 4.39 Å². The zero-order valence-corrected chi connectivity index (χ0v) is 14.9. The van der Waals surface area contributed by atoms with E-state index in [-0.39, 0.29) is 12.2 Å². The molecule has 4 aromatic rings. The van der Waals surface area contributed by atoms with E-state index in [4.69, 9.17) is 16.1 Å². The molecule has 0 aliphatic rings. The number of nitrogens with zero attached hydrogens (tertiary/aromatic N) is 5. The summed E-state index contributed by atoms with van der Waals surface area (Å²) >= 11 is 5.87. The third-order valence-corrected chi connectivity index (χ3v) is 4.18. The number of carbonyl (C=O) groups is 1. The van der Waals surface area contributed by atoms with Crippen LogP contribution < -0.4 is 0 Å². The molecule has 0 aliphatic heterocycles. The second-order valence-corrected chi connectivity index (χ2v) is 6.32. The first-order valence-corrected chi connectivity index (χ1v) is 8.36. The topological polar surface area (TPSA) is 76.5 Å². The van der Waals surface area contributed by atoms with Crippen LogP contribution in [0.2, 0.25) is 5.02 Å². The molecule has 0 fully saturated rings. The molecule has 0 unspecified atom stereocenters. The summed E-state index contributed by atoms with van der Waals surface area (Å²) in [6.45, 7) is 0.104. The summed E-state index contributed by atoms with van der Waals surface area (Å²) in [6.07, 6.45) is 3.02. The molecule has 27 heavy (non-hydrogen) atoms. The van der Waals surface area contributed by atoms with Gasteiger partial charge in [-0.15, -0.1) is 0 Å². The van der Waals surface area contributed by atoms with Crippen LogP contribution in [-0.4, -0.2) is 37.4 Å². The normalized spacial score (nSPS) is 11.1. The lowest BCUT2D eigenvalue weighted by Crippen LogP contribution is -2.27. The molecule has 0 radical (unpaired) electrons. The van der Waals surface area contributed by atoms with E-state index in [0.29, 0.717) is 27.8 Å². The Morgan fingerprint density at radius 1 is 1.30 bits per heavy atom. The van der Waals surface area contributed by atoms with E-state index in [9.17, 15) is 9.18 Å². The maximum absolute atomic E-state index is 14.5. The monoisotopic (exact) mass is 385 g/mol. The van der Waals surface area contributed by atoms with Gasteiger partial charge in [0.1, 0.15) is 11.3 Å². The fourth-order valence-electron chi connectivity index (χ4n) is 2.63. The highest BCUT2D eigenvalue weighted by atomic mass is 35.5. The van der Waals surface area contributed by atoms with Crippen molar-refractivity contribution in [1.29, 1.82) is 0 Å². The summed E-state index contributed by atoms with van der Waals surface area (Å²) in [5.74, 6) is -0.905. The number of carbonyl (C=O) groups excluding carboxylic acids is 1. The zero-order chi connectivity index (χ0) is 19.0. The van der Waals surface area contributed by atoms with Crippen LogP contribution in [0.5, 0.6) is 0 Å². The minimum Gasteiger partial charge on any atom is -0.359 e. The molecule has 0 aliphatic carbocycles. The van der Waals surface area contributed by atoms with E-state index in [2.05, 4.69) is 15.1 Å². The highest BCUT2D eigenvalue weighted by molar-refractivity contribution is 6.30. The quantitative estimate of drug-likeness (QED) is 0.537. The lowest BCUT2D eigenvalue weighted by atomic mass is 10.2. The fraction of sp³-hybridized carbons (Fsp3) is 0.111. The second kappa shape index (κ2) is 6.81. The van der Waals surface area contributed by atoms with Crippen LogP contribution in [-0.2, 0) is 6.54 Å². The van der Waals surface area contributed by atoms with E-state index < -0.39 is 11.9 Å². The standard InChI is InChI=1S/C18H13ClFN5O2/c1-24(10-12-8-14(23-27-12)13-4-2-3-7-21-13)18(26)16-17(20)25-9-11(19)5-6-15(25)22-16/h2-9H,10H2,1H3. The van der Waals surface area contributed by atoms with Gasteiger partial charge in [0.2, 0.25) is 5.95 Å². The predicted molar refractivity (Wildman–Crippen MR) is 95.7 cm³/mol. The molecule has 4 heterocycles. The fourth-order valence-corrected chi connectivity index (χ4v) is 2.80. The van der Waals surface area contributed by atoms with Gasteiger partial charge in [-0.05, 0) is 24.3 Å². The van der Waals surface area contributed by atoms with Gasteiger partial charge in [0, 0.05) is 25.5 Å². The molecule has 4 aromatic heterocycles. The van der Waals surface area contributed by atoms with Crippen LogP contribution in [0.1, 0.15) is 16.2 Å². The second-order valence-electron chi connectivity index (χ2n) is 5.88. The molecule has 136 valence electrons. The minimum absolute atomic E-state index is 0.104. The molecule has 0 spiro atoms. The van der Waals surface area contributed by atoms with Crippen molar-refractivity contribution < 1.29 is 13.7 Å². The predicted octanol–water partition coefficient (Wildman–Crippen LogP) is 3.45. The number of imidazole rings is 1.